The Morgan fingerprint density at radius 3 is 2.19 bits per heavy atom. The average molecular weight is 342 g/mol. The van der Waals surface area contributed by atoms with Crippen LogP contribution in [-0.2, 0) is 16.9 Å². The van der Waals surface area contributed by atoms with Crippen molar-refractivity contribution >= 4 is 11.6 Å². The lowest BCUT2D eigenvalue weighted by Gasteiger charge is -2.26. The van der Waals surface area contributed by atoms with Crippen LogP contribution in [0.5, 0.6) is 0 Å². The molecule has 1 amide bonds. The highest BCUT2D eigenvalue weighted by molar-refractivity contribution is 6.09. The summed E-state index contributed by atoms with van der Waals surface area (Å²) >= 11 is 0. The molecule has 4 rings (SSSR count). The maximum atomic E-state index is 13.5. The molecule has 130 valence electrons. The standard InChI is InChI=1S/C23H22N2O/c1-16-12-17(2)14-19(13-16)23(24)20-10-6-7-11-21(20)25(22(23)26)15-18-8-4-3-5-9-18/h3-14H,15,24H2,1-2H3/t23-/m0/s1. The smallest absolute Gasteiger partial charge is 0.256 e. The molecule has 26 heavy (non-hydrogen) atoms. The second-order valence-corrected chi connectivity index (χ2v) is 7.08. The van der Waals surface area contributed by atoms with Crippen LogP contribution < -0.4 is 10.6 Å². The Bertz CT molecular complexity index is 960. The lowest BCUT2D eigenvalue weighted by Crippen LogP contribution is -2.48. The summed E-state index contributed by atoms with van der Waals surface area (Å²) in [5.41, 5.74) is 11.6. The predicted octanol–water partition coefficient (Wildman–Crippen LogP) is 4.05. The number of carbonyl (C=O) groups is 1. The summed E-state index contributed by atoms with van der Waals surface area (Å²) in [6.07, 6.45) is 0. The third-order valence-electron chi connectivity index (χ3n) is 5.06. The molecule has 2 N–H and O–H groups in total. The van der Waals surface area contributed by atoms with Crippen molar-refractivity contribution in [2.24, 2.45) is 5.73 Å². The van der Waals surface area contributed by atoms with Crippen LogP contribution in [0.25, 0.3) is 0 Å². The summed E-state index contributed by atoms with van der Waals surface area (Å²) in [4.78, 5) is 15.3. The lowest BCUT2D eigenvalue weighted by atomic mass is 9.83. The zero-order valence-corrected chi connectivity index (χ0v) is 15.1. The average Bonchev–Trinajstić information content (AvgIpc) is 2.85. The molecule has 0 fully saturated rings. The van der Waals surface area contributed by atoms with E-state index in [1.165, 1.54) is 0 Å². The van der Waals surface area contributed by atoms with Crippen LogP contribution in [0.4, 0.5) is 5.69 Å². The molecule has 1 aliphatic rings. The highest BCUT2D eigenvalue weighted by Gasteiger charge is 2.49. The van der Waals surface area contributed by atoms with Crippen molar-refractivity contribution in [1.29, 1.82) is 0 Å². The van der Waals surface area contributed by atoms with E-state index >= 15 is 0 Å². The van der Waals surface area contributed by atoms with Crippen LogP contribution in [0, 0.1) is 13.8 Å². The van der Waals surface area contributed by atoms with Gasteiger partial charge in [0.05, 0.1) is 12.2 Å². The topological polar surface area (TPSA) is 46.3 Å². The summed E-state index contributed by atoms with van der Waals surface area (Å²) < 4.78 is 0. The Labute approximate surface area is 154 Å². The third kappa shape index (κ3) is 2.52. The molecule has 1 heterocycles. The molecule has 3 aromatic carbocycles. The molecular weight excluding hydrogens is 320 g/mol. The number of hydrogen-bond acceptors (Lipinski definition) is 2. The van der Waals surface area contributed by atoms with Crippen LogP contribution in [0.3, 0.4) is 0 Å². The molecule has 0 aliphatic carbocycles. The van der Waals surface area contributed by atoms with Gasteiger partial charge in [-0.25, -0.2) is 0 Å². The largest absolute Gasteiger partial charge is 0.310 e. The highest BCUT2D eigenvalue weighted by Crippen LogP contribution is 2.43. The van der Waals surface area contributed by atoms with Gasteiger partial charge in [0.15, 0.2) is 0 Å². The fraction of sp³-hybridized carbons (Fsp3) is 0.174. The van der Waals surface area contributed by atoms with Gasteiger partial charge in [0.25, 0.3) is 5.91 Å². The van der Waals surface area contributed by atoms with Crippen molar-refractivity contribution in [3.05, 3.63) is 101 Å². The van der Waals surface area contributed by atoms with Gasteiger partial charge in [-0.05, 0) is 31.0 Å². The lowest BCUT2D eigenvalue weighted by molar-refractivity contribution is -0.121. The predicted molar refractivity (Wildman–Crippen MR) is 105 cm³/mol. The molecule has 0 bridgehead atoms. The van der Waals surface area contributed by atoms with Gasteiger partial charge in [-0.2, -0.15) is 0 Å². The monoisotopic (exact) mass is 342 g/mol. The van der Waals surface area contributed by atoms with Gasteiger partial charge in [0.2, 0.25) is 0 Å². The molecular formula is C23H22N2O. The SMILES string of the molecule is Cc1cc(C)cc([C@@]2(N)C(=O)N(Cc3ccccc3)c3ccccc32)c1. The van der Waals surface area contributed by atoms with Crippen LogP contribution in [0.2, 0.25) is 0 Å². The van der Waals surface area contributed by atoms with E-state index in [9.17, 15) is 4.79 Å². The van der Waals surface area contributed by atoms with Gasteiger partial charge in [-0.1, -0.05) is 77.9 Å². The van der Waals surface area contributed by atoms with E-state index in [1.54, 1.807) is 0 Å². The van der Waals surface area contributed by atoms with Crippen molar-refractivity contribution in [2.45, 2.75) is 25.9 Å². The fourth-order valence-corrected chi connectivity index (χ4v) is 3.88. The zero-order valence-electron chi connectivity index (χ0n) is 15.1. The first kappa shape index (κ1) is 16.6. The van der Waals surface area contributed by atoms with Gasteiger partial charge in [0.1, 0.15) is 5.54 Å². The molecule has 1 aliphatic heterocycles. The summed E-state index contributed by atoms with van der Waals surface area (Å²) in [5.74, 6) is -0.0763. The number of amides is 1. The number of fused-ring (bicyclic) bond motifs is 1. The van der Waals surface area contributed by atoms with Gasteiger partial charge in [0, 0.05) is 5.56 Å². The molecule has 0 unspecified atom stereocenters. The maximum Gasteiger partial charge on any atom is 0.256 e. The van der Waals surface area contributed by atoms with Crippen LogP contribution in [0.1, 0.15) is 27.8 Å². The number of rotatable bonds is 3. The molecule has 0 radical (unpaired) electrons. The number of anilines is 1. The van der Waals surface area contributed by atoms with E-state index in [-0.39, 0.29) is 5.91 Å². The number of hydrogen-bond donors (Lipinski definition) is 1. The Balaban J connectivity index is 1.85. The van der Waals surface area contributed by atoms with Gasteiger partial charge in [-0.3, -0.25) is 4.79 Å². The Morgan fingerprint density at radius 1 is 0.885 bits per heavy atom. The molecule has 3 nitrogen and oxygen atoms in total. The fourth-order valence-electron chi connectivity index (χ4n) is 3.88. The number of benzene rings is 3. The molecule has 0 aromatic heterocycles. The van der Waals surface area contributed by atoms with Crippen molar-refractivity contribution in [3.8, 4) is 0 Å². The first-order chi connectivity index (χ1) is 12.5. The first-order valence-electron chi connectivity index (χ1n) is 8.83. The Kier molecular flexibility index (Phi) is 3.89. The molecule has 0 spiro atoms. The quantitative estimate of drug-likeness (QED) is 0.780. The van der Waals surface area contributed by atoms with Crippen molar-refractivity contribution in [1.82, 2.24) is 0 Å². The summed E-state index contributed by atoms with van der Waals surface area (Å²) in [7, 11) is 0. The van der Waals surface area contributed by atoms with Gasteiger partial charge < -0.3 is 10.6 Å². The molecule has 0 saturated carbocycles. The molecule has 3 aromatic rings. The second-order valence-electron chi connectivity index (χ2n) is 7.08. The minimum Gasteiger partial charge on any atom is -0.310 e. The number of nitrogens with zero attached hydrogens (tertiary/aromatic N) is 1. The van der Waals surface area contributed by atoms with E-state index in [0.717, 1.165) is 33.5 Å². The van der Waals surface area contributed by atoms with Gasteiger partial charge in [-0.15, -0.1) is 0 Å². The summed E-state index contributed by atoms with van der Waals surface area (Å²) in [6.45, 7) is 4.58. The van der Waals surface area contributed by atoms with Crippen LogP contribution in [-0.4, -0.2) is 5.91 Å². The number of para-hydroxylation sites is 1. The first-order valence-corrected chi connectivity index (χ1v) is 8.83. The van der Waals surface area contributed by atoms with Crippen molar-refractivity contribution in [3.63, 3.8) is 0 Å². The van der Waals surface area contributed by atoms with E-state index < -0.39 is 5.54 Å². The Hall–Kier alpha value is -2.91. The van der Waals surface area contributed by atoms with E-state index in [4.69, 9.17) is 5.73 Å². The number of aryl methyl sites for hydroxylation is 2. The minimum absolute atomic E-state index is 0.0763. The van der Waals surface area contributed by atoms with E-state index in [0.29, 0.717) is 6.54 Å². The van der Waals surface area contributed by atoms with Gasteiger partial charge >= 0.3 is 0 Å². The van der Waals surface area contributed by atoms with Crippen LogP contribution >= 0.6 is 0 Å². The molecule has 3 heteroatoms. The minimum atomic E-state index is -1.15. The van der Waals surface area contributed by atoms with Crippen molar-refractivity contribution in [2.75, 3.05) is 4.90 Å². The molecule has 0 saturated heterocycles. The van der Waals surface area contributed by atoms with E-state index in [2.05, 4.69) is 6.07 Å². The number of nitrogens with two attached hydrogens (primary N) is 1. The highest BCUT2D eigenvalue weighted by atomic mass is 16.2. The normalized spacial score (nSPS) is 18.9. The number of carbonyl (C=O) groups excluding carboxylic acids is 1. The second kappa shape index (κ2) is 6.11. The summed E-state index contributed by atoms with van der Waals surface area (Å²) in [6, 6.07) is 24.0. The molecule has 1 atom stereocenters. The van der Waals surface area contributed by atoms with Crippen LogP contribution in [0.15, 0.2) is 72.8 Å². The third-order valence-corrected chi connectivity index (χ3v) is 5.06. The Morgan fingerprint density at radius 2 is 1.50 bits per heavy atom. The van der Waals surface area contributed by atoms with Crippen molar-refractivity contribution < 1.29 is 4.79 Å². The zero-order chi connectivity index (χ0) is 18.3. The van der Waals surface area contributed by atoms with E-state index in [1.807, 2.05) is 85.5 Å². The maximum absolute atomic E-state index is 13.5. The summed E-state index contributed by atoms with van der Waals surface area (Å²) in [5, 5.41) is 0.